The lowest BCUT2D eigenvalue weighted by atomic mass is 10.1. The van der Waals surface area contributed by atoms with Gasteiger partial charge in [0.1, 0.15) is 6.04 Å². The molecule has 1 rings (SSSR count). The van der Waals surface area contributed by atoms with E-state index in [1.165, 1.54) is 19.2 Å². The van der Waals surface area contributed by atoms with Crippen LogP contribution in [0.25, 0.3) is 0 Å². The Hall–Kier alpha value is -1.97. The van der Waals surface area contributed by atoms with Crippen molar-refractivity contribution in [1.29, 1.82) is 0 Å². The number of hydrogen-bond acceptors (Lipinski definition) is 6. The fraction of sp³-hybridized carbons (Fsp3) is 0.529. The summed E-state index contributed by atoms with van der Waals surface area (Å²) in [5.41, 5.74) is 0.506. The molecule has 26 heavy (non-hydrogen) atoms. The van der Waals surface area contributed by atoms with E-state index in [4.69, 9.17) is 9.47 Å². The first-order valence-electron chi connectivity index (χ1n) is 8.15. The second kappa shape index (κ2) is 9.65. The maximum atomic E-state index is 12.7. The van der Waals surface area contributed by atoms with E-state index < -0.39 is 28.0 Å². The summed E-state index contributed by atoms with van der Waals surface area (Å²) in [6.07, 6.45) is 0.136. The summed E-state index contributed by atoms with van der Waals surface area (Å²) < 4.78 is 37.4. The van der Waals surface area contributed by atoms with Crippen molar-refractivity contribution in [1.82, 2.24) is 4.72 Å². The van der Waals surface area contributed by atoms with E-state index in [2.05, 4.69) is 4.72 Å². The largest absolute Gasteiger partial charge is 0.480 e. The second-order valence-corrected chi connectivity index (χ2v) is 7.87. The Morgan fingerprint density at radius 1 is 1.23 bits per heavy atom. The van der Waals surface area contributed by atoms with Crippen molar-refractivity contribution < 1.29 is 32.6 Å². The Kier molecular flexibility index (Phi) is 8.19. The molecule has 0 aromatic heterocycles. The highest BCUT2D eigenvalue weighted by Gasteiger charge is 2.27. The minimum atomic E-state index is -4.16. The number of benzene rings is 1. The first-order valence-corrected chi connectivity index (χ1v) is 9.64. The van der Waals surface area contributed by atoms with Gasteiger partial charge in [-0.05, 0) is 43.0 Å². The molecule has 1 aromatic rings. The topological polar surface area (TPSA) is 119 Å². The van der Waals surface area contributed by atoms with E-state index >= 15 is 0 Å². The van der Waals surface area contributed by atoms with Crippen molar-refractivity contribution in [2.45, 2.75) is 44.7 Å². The maximum absolute atomic E-state index is 12.7. The van der Waals surface area contributed by atoms with Crippen molar-refractivity contribution in [3.63, 3.8) is 0 Å². The predicted molar refractivity (Wildman–Crippen MR) is 94.3 cm³/mol. The zero-order chi connectivity index (χ0) is 19.9. The normalized spacial score (nSPS) is 12.8. The van der Waals surface area contributed by atoms with Crippen LogP contribution in [0.2, 0.25) is 0 Å². The van der Waals surface area contributed by atoms with Gasteiger partial charge in [0, 0.05) is 7.11 Å². The molecule has 0 bridgehead atoms. The van der Waals surface area contributed by atoms with Gasteiger partial charge in [0.15, 0.2) is 0 Å². The summed E-state index contributed by atoms with van der Waals surface area (Å²) in [6, 6.07) is 2.71. The molecular formula is C17H25NO7S. The van der Waals surface area contributed by atoms with Crippen LogP contribution < -0.4 is 4.72 Å². The number of methoxy groups -OCH3 is 1. The third-order valence-corrected chi connectivity index (χ3v) is 4.85. The number of ether oxygens (including phenoxy) is 2. The average molecular weight is 387 g/mol. The molecule has 0 aliphatic carbocycles. The number of carboxylic acid groups (broad SMARTS) is 1. The smallest absolute Gasteiger partial charge is 0.338 e. The molecule has 8 nitrogen and oxygen atoms in total. The van der Waals surface area contributed by atoms with E-state index in [0.29, 0.717) is 5.56 Å². The van der Waals surface area contributed by atoms with Crippen LogP contribution in [-0.2, 0) is 30.9 Å². The molecule has 0 radical (unpaired) electrons. The monoisotopic (exact) mass is 387 g/mol. The van der Waals surface area contributed by atoms with Crippen LogP contribution >= 0.6 is 0 Å². The van der Waals surface area contributed by atoms with Crippen LogP contribution in [0.1, 0.15) is 43.1 Å². The molecule has 0 spiro atoms. The summed E-state index contributed by atoms with van der Waals surface area (Å²) >= 11 is 0. The summed E-state index contributed by atoms with van der Waals surface area (Å²) in [7, 11) is -2.72. The maximum Gasteiger partial charge on any atom is 0.338 e. The fourth-order valence-corrected chi connectivity index (χ4v) is 3.62. The lowest BCUT2D eigenvalue weighted by Gasteiger charge is -2.17. The Labute approximate surface area is 153 Å². The van der Waals surface area contributed by atoms with Gasteiger partial charge >= 0.3 is 11.9 Å². The molecule has 1 aromatic carbocycles. The number of carboxylic acids is 1. The first kappa shape index (κ1) is 22.1. The van der Waals surface area contributed by atoms with E-state index in [9.17, 15) is 23.1 Å². The van der Waals surface area contributed by atoms with Crippen LogP contribution in [-0.4, -0.2) is 45.2 Å². The molecule has 1 atom stereocenters. The van der Waals surface area contributed by atoms with E-state index in [0.717, 1.165) is 6.07 Å². The molecule has 0 fully saturated rings. The molecular weight excluding hydrogens is 362 g/mol. The molecule has 0 saturated carbocycles. The molecule has 0 aliphatic rings. The summed E-state index contributed by atoms with van der Waals surface area (Å²) in [5, 5.41) is 9.26. The third kappa shape index (κ3) is 6.40. The third-order valence-electron chi connectivity index (χ3n) is 3.40. The molecule has 9 heteroatoms. The highest BCUT2D eigenvalue weighted by molar-refractivity contribution is 7.89. The number of carbonyl (C=O) groups excluding carboxylic acids is 1. The van der Waals surface area contributed by atoms with Gasteiger partial charge in [0.25, 0.3) is 0 Å². The van der Waals surface area contributed by atoms with Gasteiger partial charge in [-0.2, -0.15) is 4.72 Å². The van der Waals surface area contributed by atoms with Crippen molar-refractivity contribution >= 4 is 22.0 Å². The number of esters is 1. The number of hydrogen-bond donors (Lipinski definition) is 2. The minimum absolute atomic E-state index is 0.0197. The SMILES string of the molecule is CCOC(=O)c1cc(COC)cc(S(=O)(=O)N[C@H](CC(C)C)C(=O)O)c1. The summed E-state index contributed by atoms with van der Waals surface area (Å²) in [5.74, 6) is -1.95. The minimum Gasteiger partial charge on any atom is -0.480 e. The fourth-order valence-electron chi connectivity index (χ4n) is 2.32. The Morgan fingerprint density at radius 3 is 2.38 bits per heavy atom. The lowest BCUT2D eigenvalue weighted by molar-refractivity contribution is -0.139. The number of carbonyl (C=O) groups is 2. The molecule has 0 heterocycles. The predicted octanol–water partition coefficient (Wildman–Crippen LogP) is 1.79. The van der Waals surface area contributed by atoms with Crippen LogP contribution in [0.15, 0.2) is 23.1 Å². The highest BCUT2D eigenvalue weighted by Crippen LogP contribution is 2.18. The van der Waals surface area contributed by atoms with E-state index in [1.807, 2.05) is 0 Å². The highest BCUT2D eigenvalue weighted by atomic mass is 32.2. The van der Waals surface area contributed by atoms with Crippen molar-refractivity contribution in [3.05, 3.63) is 29.3 Å². The Morgan fingerprint density at radius 2 is 1.88 bits per heavy atom. The van der Waals surface area contributed by atoms with Crippen molar-refractivity contribution in [2.75, 3.05) is 13.7 Å². The van der Waals surface area contributed by atoms with Crippen LogP contribution in [0.3, 0.4) is 0 Å². The standard InChI is InChI=1S/C17H25NO7S/c1-5-25-17(21)13-7-12(10-24-4)8-14(9-13)26(22,23)18-15(16(19)20)6-11(2)3/h7-9,11,15,18H,5-6,10H2,1-4H3,(H,19,20)/t15-/m1/s1. The molecule has 0 saturated heterocycles. The summed E-state index contributed by atoms with van der Waals surface area (Å²) in [6.45, 7) is 5.46. The van der Waals surface area contributed by atoms with Gasteiger partial charge < -0.3 is 14.6 Å². The molecule has 0 unspecified atom stereocenters. The first-order chi connectivity index (χ1) is 12.1. The average Bonchev–Trinajstić information content (AvgIpc) is 2.53. The quantitative estimate of drug-likeness (QED) is 0.587. The van der Waals surface area contributed by atoms with Gasteiger partial charge in [0.2, 0.25) is 10.0 Å². The van der Waals surface area contributed by atoms with Crippen LogP contribution in [0, 0.1) is 5.92 Å². The molecule has 0 amide bonds. The van der Waals surface area contributed by atoms with E-state index in [-0.39, 0.29) is 36.0 Å². The van der Waals surface area contributed by atoms with Crippen LogP contribution in [0.4, 0.5) is 0 Å². The number of sulfonamides is 1. The Bertz CT molecular complexity index is 743. The zero-order valence-corrected chi connectivity index (χ0v) is 16.1. The summed E-state index contributed by atoms with van der Waals surface area (Å²) in [4.78, 5) is 23.1. The lowest BCUT2D eigenvalue weighted by Crippen LogP contribution is -2.41. The zero-order valence-electron chi connectivity index (χ0n) is 15.3. The van der Waals surface area contributed by atoms with Gasteiger partial charge in [-0.1, -0.05) is 13.8 Å². The number of aliphatic carboxylic acids is 1. The number of rotatable bonds is 10. The molecule has 2 N–H and O–H groups in total. The molecule has 0 aliphatic heterocycles. The van der Waals surface area contributed by atoms with Crippen LogP contribution in [0.5, 0.6) is 0 Å². The Balaban J connectivity index is 3.28. The van der Waals surface area contributed by atoms with Crippen molar-refractivity contribution in [3.8, 4) is 0 Å². The van der Waals surface area contributed by atoms with Gasteiger partial charge in [-0.25, -0.2) is 13.2 Å². The molecule has 146 valence electrons. The van der Waals surface area contributed by atoms with Crippen molar-refractivity contribution in [2.24, 2.45) is 5.92 Å². The van der Waals surface area contributed by atoms with Gasteiger partial charge in [-0.3, -0.25) is 4.79 Å². The number of nitrogens with one attached hydrogen (secondary N) is 1. The van der Waals surface area contributed by atoms with Gasteiger partial charge in [-0.15, -0.1) is 0 Å². The van der Waals surface area contributed by atoms with Gasteiger partial charge in [0.05, 0.1) is 23.7 Å². The van der Waals surface area contributed by atoms with E-state index in [1.54, 1.807) is 20.8 Å². The second-order valence-electron chi connectivity index (χ2n) is 6.16.